The minimum absolute atomic E-state index is 0.185. The molecule has 4 fully saturated rings. The third-order valence-electron chi connectivity index (χ3n) is 7.31. The molecule has 7 rings (SSSR count). The summed E-state index contributed by atoms with van der Waals surface area (Å²) < 4.78 is 13.1. The second-order valence-electron chi connectivity index (χ2n) is 9.05. The SMILES string of the molecule is COc1ccc(N2C(=S)N(Cc3cn(C)c4ccccc34)[C@H]3[C@H]4OC(=O)[C@H](C[C@H]4O)[C@H]32)cc1. The van der Waals surface area contributed by atoms with Gasteiger partial charge in [0.1, 0.15) is 11.9 Å². The van der Waals surface area contributed by atoms with E-state index in [4.69, 9.17) is 21.7 Å². The van der Waals surface area contributed by atoms with Crippen LogP contribution < -0.4 is 9.64 Å². The van der Waals surface area contributed by atoms with Crippen LogP contribution in [0.5, 0.6) is 5.75 Å². The lowest BCUT2D eigenvalue weighted by Crippen LogP contribution is -2.66. The van der Waals surface area contributed by atoms with E-state index in [2.05, 4.69) is 32.7 Å². The lowest BCUT2D eigenvalue weighted by molar-refractivity contribution is -0.194. The first-order chi connectivity index (χ1) is 16.0. The second-order valence-corrected chi connectivity index (χ2v) is 9.42. The Hall–Kier alpha value is -3.10. The molecule has 4 aliphatic rings. The molecule has 5 atom stereocenters. The number of aromatic nitrogens is 1. The maximum atomic E-state index is 12.7. The number of methoxy groups -OCH3 is 1. The number of fused-ring (bicyclic) bond motifs is 3. The first-order valence-electron chi connectivity index (χ1n) is 11.1. The fourth-order valence-corrected chi connectivity index (χ4v) is 6.23. The lowest BCUT2D eigenvalue weighted by Gasteiger charge is -2.49. The number of thiocarbonyl (C=S) groups is 1. The lowest BCUT2D eigenvalue weighted by atomic mass is 9.74. The van der Waals surface area contributed by atoms with Crippen LogP contribution in [0, 0.1) is 5.92 Å². The molecule has 0 amide bonds. The summed E-state index contributed by atoms with van der Waals surface area (Å²) in [4.78, 5) is 16.9. The molecule has 1 N–H and O–H groups in total. The van der Waals surface area contributed by atoms with Crippen LogP contribution in [-0.4, -0.2) is 57.1 Å². The van der Waals surface area contributed by atoms with Crippen LogP contribution in [0.2, 0.25) is 0 Å². The quantitative estimate of drug-likeness (QED) is 0.471. The molecule has 1 saturated carbocycles. The standard InChI is InChI=1S/C25H25N3O4S/c1-26-12-14(17-5-3-4-6-19(17)26)13-27-22-21(18-11-20(29)23(22)32-24(18)30)28(25(27)33)15-7-9-16(31-2)10-8-15/h3-10,12,18,20-23,29H,11,13H2,1-2H3/t18-,20-,21-,22-,23+/m1/s1. The van der Waals surface area contributed by atoms with Gasteiger partial charge in [0, 0.05) is 36.4 Å². The van der Waals surface area contributed by atoms with Gasteiger partial charge in [-0.25, -0.2) is 0 Å². The van der Waals surface area contributed by atoms with Crippen LogP contribution in [0.25, 0.3) is 10.9 Å². The Morgan fingerprint density at radius 2 is 1.91 bits per heavy atom. The van der Waals surface area contributed by atoms with Gasteiger partial charge in [0.05, 0.1) is 31.2 Å². The van der Waals surface area contributed by atoms with E-state index in [0.29, 0.717) is 18.1 Å². The van der Waals surface area contributed by atoms with Crippen molar-refractivity contribution in [2.24, 2.45) is 13.0 Å². The molecule has 0 radical (unpaired) electrons. The van der Waals surface area contributed by atoms with Gasteiger partial charge in [0.15, 0.2) is 5.11 Å². The summed E-state index contributed by atoms with van der Waals surface area (Å²) in [6.45, 7) is 0.571. The molecule has 0 unspecified atom stereocenters. The molecular weight excluding hydrogens is 438 g/mol. The van der Waals surface area contributed by atoms with Gasteiger partial charge in [-0.2, -0.15) is 0 Å². The van der Waals surface area contributed by atoms with Gasteiger partial charge in [0.25, 0.3) is 0 Å². The highest BCUT2D eigenvalue weighted by Crippen LogP contribution is 2.46. The highest BCUT2D eigenvalue weighted by Gasteiger charge is 2.63. The Bertz CT molecular complexity index is 1260. The van der Waals surface area contributed by atoms with Crippen LogP contribution in [0.15, 0.2) is 54.7 Å². The zero-order chi connectivity index (χ0) is 22.9. The highest BCUT2D eigenvalue weighted by atomic mass is 32.1. The molecule has 33 heavy (non-hydrogen) atoms. The molecule has 3 saturated heterocycles. The van der Waals surface area contributed by atoms with Crippen molar-refractivity contribution >= 4 is 39.9 Å². The number of carbonyl (C=O) groups is 1. The second kappa shape index (κ2) is 7.46. The number of esters is 1. The van der Waals surface area contributed by atoms with Crippen LogP contribution >= 0.6 is 12.2 Å². The van der Waals surface area contributed by atoms with Crippen LogP contribution in [0.1, 0.15) is 12.0 Å². The molecule has 4 heterocycles. The van der Waals surface area contributed by atoms with Crippen LogP contribution in [0.3, 0.4) is 0 Å². The zero-order valence-electron chi connectivity index (χ0n) is 18.4. The van der Waals surface area contributed by atoms with Gasteiger partial charge in [-0.05, 0) is 54.5 Å². The van der Waals surface area contributed by atoms with Crippen molar-refractivity contribution < 1.29 is 19.4 Å². The first kappa shape index (κ1) is 20.5. The molecule has 7 nitrogen and oxygen atoms in total. The van der Waals surface area contributed by atoms with Gasteiger partial charge in [-0.3, -0.25) is 4.79 Å². The summed E-state index contributed by atoms with van der Waals surface area (Å²) >= 11 is 6.02. The molecule has 1 aromatic heterocycles. The Morgan fingerprint density at radius 3 is 2.67 bits per heavy atom. The summed E-state index contributed by atoms with van der Waals surface area (Å²) in [6.07, 6.45) is 1.22. The number of hydrogen-bond acceptors (Lipinski definition) is 5. The molecule has 8 heteroatoms. The number of benzene rings is 2. The van der Waals surface area contributed by atoms with E-state index in [1.807, 2.05) is 43.4 Å². The Balaban J connectivity index is 1.44. The largest absolute Gasteiger partial charge is 0.497 e. The first-order valence-corrected chi connectivity index (χ1v) is 11.5. The van der Waals surface area contributed by atoms with E-state index < -0.39 is 18.1 Å². The topological polar surface area (TPSA) is 67.2 Å². The number of hydrogen-bond donors (Lipinski definition) is 1. The van der Waals surface area contributed by atoms with Crippen molar-refractivity contribution in [2.45, 2.75) is 37.3 Å². The molecule has 170 valence electrons. The summed E-state index contributed by atoms with van der Waals surface area (Å²) in [7, 11) is 3.67. The van der Waals surface area contributed by atoms with E-state index in [1.165, 1.54) is 5.39 Å². The fourth-order valence-electron chi connectivity index (χ4n) is 5.82. The summed E-state index contributed by atoms with van der Waals surface area (Å²) in [6, 6.07) is 15.6. The molecule has 3 aliphatic heterocycles. The molecule has 0 spiro atoms. The predicted molar refractivity (Wildman–Crippen MR) is 128 cm³/mol. The number of rotatable bonds is 4. The van der Waals surface area contributed by atoms with E-state index in [0.717, 1.165) is 22.5 Å². The molecule has 1 aliphatic carbocycles. The Morgan fingerprint density at radius 1 is 1.15 bits per heavy atom. The van der Waals surface area contributed by atoms with Crippen molar-refractivity contribution in [3.8, 4) is 5.75 Å². The number of ether oxygens (including phenoxy) is 2. The smallest absolute Gasteiger partial charge is 0.311 e. The minimum atomic E-state index is -0.692. The summed E-state index contributed by atoms with van der Waals surface area (Å²) in [5, 5.41) is 12.6. The van der Waals surface area contributed by atoms with E-state index in [9.17, 15) is 9.90 Å². The van der Waals surface area contributed by atoms with Gasteiger partial charge in [-0.15, -0.1) is 0 Å². The van der Waals surface area contributed by atoms with E-state index in [-0.39, 0.29) is 18.1 Å². The zero-order valence-corrected chi connectivity index (χ0v) is 19.2. The van der Waals surface area contributed by atoms with Crippen LogP contribution in [0.4, 0.5) is 5.69 Å². The number of nitrogens with zero attached hydrogens (tertiary/aromatic N) is 3. The Labute approximate surface area is 197 Å². The normalized spacial score (nSPS) is 28.4. The summed E-state index contributed by atoms with van der Waals surface area (Å²) in [5.41, 5.74) is 3.21. The van der Waals surface area contributed by atoms with Crippen molar-refractivity contribution in [3.05, 3.63) is 60.3 Å². The Kier molecular flexibility index (Phi) is 4.64. The maximum absolute atomic E-state index is 12.7. The molecule has 2 aromatic carbocycles. The van der Waals surface area contributed by atoms with E-state index >= 15 is 0 Å². The van der Waals surface area contributed by atoms with Crippen LogP contribution in [-0.2, 0) is 23.1 Å². The molecule has 3 aromatic rings. The van der Waals surface area contributed by atoms with Crippen molar-refractivity contribution in [2.75, 3.05) is 12.0 Å². The molecular formula is C25H25N3O4S. The third kappa shape index (κ3) is 2.97. The third-order valence-corrected chi connectivity index (χ3v) is 7.74. The van der Waals surface area contributed by atoms with Gasteiger partial charge in [-0.1, -0.05) is 18.2 Å². The number of aliphatic hydroxyl groups excluding tert-OH is 1. The van der Waals surface area contributed by atoms with Gasteiger partial charge >= 0.3 is 5.97 Å². The van der Waals surface area contributed by atoms with Gasteiger partial charge < -0.3 is 28.9 Å². The molecule has 2 bridgehead atoms. The average Bonchev–Trinajstić information content (AvgIpc) is 3.30. The average molecular weight is 464 g/mol. The van der Waals surface area contributed by atoms with Crippen molar-refractivity contribution in [1.82, 2.24) is 9.47 Å². The number of para-hydroxylation sites is 1. The number of anilines is 1. The number of aliphatic hydroxyl groups is 1. The fraction of sp³-hybridized carbons (Fsp3) is 0.360. The predicted octanol–water partition coefficient (Wildman–Crippen LogP) is 2.84. The van der Waals surface area contributed by atoms with Gasteiger partial charge in [0.2, 0.25) is 0 Å². The highest BCUT2D eigenvalue weighted by molar-refractivity contribution is 7.80. The minimum Gasteiger partial charge on any atom is -0.497 e. The summed E-state index contributed by atoms with van der Waals surface area (Å²) in [5.74, 6) is 0.0699. The van der Waals surface area contributed by atoms with Crippen molar-refractivity contribution in [1.29, 1.82) is 0 Å². The number of aryl methyl sites for hydroxylation is 1. The van der Waals surface area contributed by atoms with Crippen molar-refractivity contribution in [3.63, 3.8) is 0 Å². The number of carbonyl (C=O) groups excluding carboxylic acids is 1. The van der Waals surface area contributed by atoms with E-state index in [1.54, 1.807) is 7.11 Å². The monoisotopic (exact) mass is 463 g/mol. The maximum Gasteiger partial charge on any atom is 0.311 e.